The van der Waals surface area contributed by atoms with Gasteiger partial charge in [0.1, 0.15) is 17.0 Å². The highest BCUT2D eigenvalue weighted by molar-refractivity contribution is 9.10. The van der Waals surface area contributed by atoms with Gasteiger partial charge >= 0.3 is 12.2 Å². The second-order valence-electron chi connectivity index (χ2n) is 11.7. The number of halogens is 4. The van der Waals surface area contributed by atoms with Gasteiger partial charge < -0.3 is 28.7 Å². The van der Waals surface area contributed by atoms with E-state index in [4.69, 9.17) is 18.9 Å². The zero-order valence-corrected chi connectivity index (χ0v) is 28.9. The Morgan fingerprint density at radius 2 is 1.23 bits per heavy atom. The van der Waals surface area contributed by atoms with Crippen molar-refractivity contribution in [3.8, 4) is 0 Å². The van der Waals surface area contributed by atoms with Gasteiger partial charge in [-0.25, -0.2) is 38.3 Å². The van der Waals surface area contributed by atoms with Gasteiger partial charge in [0.2, 0.25) is 0 Å². The lowest BCUT2D eigenvalue weighted by Gasteiger charge is -2.34. The van der Waals surface area contributed by atoms with E-state index in [-0.39, 0.29) is 24.4 Å². The fourth-order valence-corrected chi connectivity index (χ4v) is 4.18. The summed E-state index contributed by atoms with van der Waals surface area (Å²) in [6.07, 6.45) is 4.12. The fraction of sp³-hybridized carbons (Fsp3) is 0.643. The number of ether oxygens (including phenoxy) is 4. The maximum Gasteiger partial charge on any atom is 0.410 e. The first-order chi connectivity index (χ1) is 20.5. The lowest BCUT2D eigenvalue weighted by atomic mass is 10.2. The number of rotatable bonds is 3. The first-order valence-corrected chi connectivity index (χ1v) is 15.8. The van der Waals surface area contributed by atoms with Crippen LogP contribution in [0.5, 0.6) is 0 Å². The highest BCUT2D eigenvalue weighted by Crippen LogP contribution is 2.15. The van der Waals surface area contributed by atoms with E-state index in [0.29, 0.717) is 56.4 Å². The van der Waals surface area contributed by atoms with Gasteiger partial charge in [-0.2, -0.15) is 0 Å². The molecule has 12 nitrogen and oxygen atoms in total. The van der Waals surface area contributed by atoms with E-state index in [1.165, 1.54) is 0 Å². The molecule has 0 bridgehead atoms. The third-order valence-electron chi connectivity index (χ3n) is 5.43. The molecule has 0 aromatic carbocycles. The van der Waals surface area contributed by atoms with Crippen LogP contribution in [-0.2, 0) is 25.4 Å². The van der Waals surface area contributed by atoms with Crippen LogP contribution in [0, 0.1) is 11.6 Å². The van der Waals surface area contributed by atoms with Crippen LogP contribution in [0.1, 0.15) is 47.4 Å². The second-order valence-corrected chi connectivity index (χ2v) is 13.0. The molecule has 4 rings (SSSR count). The summed E-state index contributed by atoms with van der Waals surface area (Å²) in [4.78, 5) is 41.9. The third-order valence-corrected chi connectivity index (χ3v) is 6.56. The number of hydrogen-bond donors (Lipinski definition) is 0. The van der Waals surface area contributed by atoms with Crippen LogP contribution >= 0.6 is 31.9 Å². The minimum Gasteiger partial charge on any atom is -0.444 e. The predicted octanol–water partition coefficient (Wildman–Crippen LogP) is 5.19. The molecule has 16 heteroatoms. The molecule has 44 heavy (non-hydrogen) atoms. The van der Waals surface area contributed by atoms with E-state index < -0.39 is 22.8 Å². The monoisotopic (exact) mass is 752 g/mol. The molecule has 0 saturated carbocycles. The van der Waals surface area contributed by atoms with Gasteiger partial charge in [-0.15, -0.1) is 0 Å². The number of aromatic nitrogens is 4. The standard InChI is InChI=1S/C14H20FN3O3.C10H18BrNO3.C4H2BrFN2/c1-14(2,3)21-13(19)18-4-5-20-11(9-18)6-12-16-7-10(15)8-17-12;1-10(2,3)15-9(13)12-4-5-14-8(6-11)7-12;5-4-7-1-3(6)2-8-4/h7-8,11H,4-6,9H2,1-3H3;8H,4-7H2,1-3H3;1-2H/t11-;8-;/m11./s1. The molecule has 2 aromatic heterocycles. The van der Waals surface area contributed by atoms with Crippen LogP contribution in [0.25, 0.3) is 0 Å². The number of carbonyl (C=O) groups is 2. The third kappa shape index (κ3) is 15.4. The molecule has 2 saturated heterocycles. The Morgan fingerprint density at radius 3 is 1.64 bits per heavy atom. The normalized spacial score (nSPS) is 18.7. The van der Waals surface area contributed by atoms with Crippen LogP contribution in [-0.4, -0.2) is 110 Å². The summed E-state index contributed by atoms with van der Waals surface area (Å²) in [5.41, 5.74) is -0.954. The average molecular weight is 754 g/mol. The van der Waals surface area contributed by atoms with Gasteiger partial charge in [-0.1, -0.05) is 15.9 Å². The highest BCUT2D eigenvalue weighted by Gasteiger charge is 2.29. The maximum atomic E-state index is 12.8. The molecule has 0 N–H and O–H groups in total. The van der Waals surface area contributed by atoms with Crippen molar-refractivity contribution in [3.05, 3.63) is 47.0 Å². The number of carbonyl (C=O) groups excluding carboxylic acids is 2. The van der Waals surface area contributed by atoms with Crippen molar-refractivity contribution < 1.29 is 37.3 Å². The van der Waals surface area contributed by atoms with Crippen molar-refractivity contribution >= 4 is 44.0 Å². The lowest BCUT2D eigenvalue weighted by Crippen LogP contribution is -2.48. The largest absolute Gasteiger partial charge is 0.444 e. The van der Waals surface area contributed by atoms with Crippen LogP contribution in [0.3, 0.4) is 0 Å². The van der Waals surface area contributed by atoms with Gasteiger partial charge in [0.15, 0.2) is 16.4 Å². The molecule has 0 aliphatic carbocycles. The fourth-order valence-electron chi connectivity index (χ4n) is 3.58. The summed E-state index contributed by atoms with van der Waals surface area (Å²) < 4.78 is 46.8. The molecule has 2 aromatic rings. The summed E-state index contributed by atoms with van der Waals surface area (Å²) in [5.74, 6) is -0.403. The number of hydrogen-bond acceptors (Lipinski definition) is 10. The van der Waals surface area contributed by atoms with E-state index in [1.807, 2.05) is 41.5 Å². The number of nitrogens with zero attached hydrogens (tertiary/aromatic N) is 6. The predicted molar refractivity (Wildman–Crippen MR) is 164 cm³/mol. The van der Waals surface area contributed by atoms with Crippen molar-refractivity contribution in [2.24, 2.45) is 0 Å². The van der Waals surface area contributed by atoms with E-state index in [0.717, 1.165) is 30.1 Å². The molecule has 246 valence electrons. The summed E-state index contributed by atoms with van der Waals surface area (Å²) in [6.45, 7) is 14.2. The minimum absolute atomic E-state index is 0.0752. The molecule has 0 unspecified atom stereocenters. The Hall–Kier alpha value is -2.56. The number of alkyl halides is 1. The zero-order valence-electron chi connectivity index (χ0n) is 25.8. The van der Waals surface area contributed by atoms with Crippen molar-refractivity contribution in [1.29, 1.82) is 0 Å². The van der Waals surface area contributed by atoms with Gasteiger partial charge in [0.25, 0.3) is 0 Å². The van der Waals surface area contributed by atoms with Gasteiger partial charge in [0.05, 0.1) is 63.3 Å². The first kappa shape index (κ1) is 37.6. The Kier molecular flexibility index (Phi) is 15.2. The molecule has 2 aliphatic rings. The Bertz CT molecular complexity index is 1150. The number of morpholine rings is 2. The van der Waals surface area contributed by atoms with E-state index >= 15 is 0 Å². The highest BCUT2D eigenvalue weighted by atomic mass is 79.9. The molecular formula is C28H40Br2F2N6O6. The summed E-state index contributed by atoms with van der Waals surface area (Å²) in [5, 5.41) is 0.742. The summed E-state index contributed by atoms with van der Waals surface area (Å²) >= 11 is 6.30. The topological polar surface area (TPSA) is 129 Å². The van der Waals surface area contributed by atoms with Crippen LogP contribution in [0.4, 0.5) is 18.4 Å². The summed E-state index contributed by atoms with van der Waals surface area (Å²) in [7, 11) is 0. The van der Waals surface area contributed by atoms with Crippen molar-refractivity contribution in [2.45, 2.75) is 71.4 Å². The SMILES string of the molecule is CC(C)(C)OC(=O)N1CCO[C@H](CBr)C1.CC(C)(C)OC(=O)N1CCO[C@H](Cc2ncc(F)cn2)C1.Fc1cnc(Br)nc1. The quantitative estimate of drug-likeness (QED) is 0.305. The molecule has 0 spiro atoms. The van der Waals surface area contributed by atoms with Crippen molar-refractivity contribution in [3.63, 3.8) is 0 Å². The second kappa shape index (κ2) is 17.8. The van der Waals surface area contributed by atoms with E-state index in [1.54, 1.807) is 9.80 Å². The van der Waals surface area contributed by atoms with Crippen LogP contribution < -0.4 is 0 Å². The Morgan fingerprint density at radius 1 is 0.818 bits per heavy atom. The van der Waals surface area contributed by atoms with Crippen LogP contribution in [0.15, 0.2) is 29.5 Å². The van der Waals surface area contributed by atoms with Crippen molar-refractivity contribution in [1.82, 2.24) is 29.7 Å². The van der Waals surface area contributed by atoms with E-state index in [9.17, 15) is 18.4 Å². The van der Waals surface area contributed by atoms with Gasteiger partial charge in [-0.3, -0.25) is 0 Å². The smallest absolute Gasteiger partial charge is 0.410 e. The molecule has 2 atom stereocenters. The van der Waals surface area contributed by atoms with Gasteiger partial charge in [0, 0.05) is 24.8 Å². The Labute approximate surface area is 273 Å². The molecule has 0 radical (unpaired) electrons. The Balaban J connectivity index is 0.000000254. The van der Waals surface area contributed by atoms with Gasteiger partial charge in [-0.05, 0) is 57.5 Å². The maximum absolute atomic E-state index is 12.8. The van der Waals surface area contributed by atoms with Crippen molar-refractivity contribution in [2.75, 3.05) is 44.7 Å². The molecular weight excluding hydrogens is 714 g/mol. The molecule has 2 fully saturated rings. The molecule has 2 aliphatic heterocycles. The lowest BCUT2D eigenvalue weighted by molar-refractivity contribution is -0.0421. The van der Waals surface area contributed by atoms with Crippen LogP contribution in [0.2, 0.25) is 0 Å². The average Bonchev–Trinajstić information content (AvgIpc) is 2.95. The molecule has 4 heterocycles. The zero-order chi connectivity index (χ0) is 32.9. The number of amides is 2. The van der Waals surface area contributed by atoms with E-state index in [2.05, 4.69) is 51.8 Å². The minimum atomic E-state index is -0.523. The summed E-state index contributed by atoms with van der Waals surface area (Å²) in [6, 6.07) is 0. The first-order valence-electron chi connectivity index (χ1n) is 13.9. The molecule has 2 amide bonds.